The van der Waals surface area contributed by atoms with E-state index in [1.165, 1.54) is 0 Å². The van der Waals surface area contributed by atoms with Crippen LogP contribution in [0.5, 0.6) is 0 Å². The van der Waals surface area contributed by atoms with Crippen LogP contribution in [0.15, 0.2) is 0 Å². The van der Waals surface area contributed by atoms with E-state index in [9.17, 15) is 4.79 Å². The number of amides is 2. The Morgan fingerprint density at radius 2 is 2.33 bits per heavy atom. The Labute approximate surface area is 54.8 Å². The average molecular weight is 131 g/mol. The van der Waals surface area contributed by atoms with Crippen molar-refractivity contribution < 1.29 is 4.79 Å². The number of hydrogen-bond donors (Lipinski definition) is 3. The molecule has 4 nitrogen and oxygen atoms in total. The summed E-state index contributed by atoms with van der Waals surface area (Å²) in [6.45, 7) is 1.26. The van der Waals surface area contributed by atoms with E-state index in [2.05, 4.69) is 10.6 Å². The van der Waals surface area contributed by atoms with Crippen molar-refractivity contribution in [1.82, 2.24) is 10.6 Å². The first-order valence-electron chi connectivity index (χ1n) is 2.97. The molecule has 0 aromatic heterocycles. The molecule has 0 fully saturated rings. The van der Waals surface area contributed by atoms with Gasteiger partial charge in [0.2, 0.25) is 0 Å². The second kappa shape index (κ2) is 5.37. The second-order valence-corrected chi connectivity index (χ2v) is 1.65. The number of nitrogens with one attached hydrogen (secondary N) is 2. The topological polar surface area (TPSA) is 67.2 Å². The molecule has 0 unspecified atom stereocenters. The molecule has 2 amide bonds. The molecular formula is C5H13N3O. The Morgan fingerprint density at radius 1 is 1.67 bits per heavy atom. The van der Waals surface area contributed by atoms with Crippen molar-refractivity contribution in [1.29, 1.82) is 0 Å². The van der Waals surface area contributed by atoms with Crippen LogP contribution in [0.3, 0.4) is 0 Å². The van der Waals surface area contributed by atoms with Gasteiger partial charge in [0.15, 0.2) is 0 Å². The first kappa shape index (κ1) is 8.23. The lowest BCUT2D eigenvalue weighted by atomic mass is 10.4. The van der Waals surface area contributed by atoms with Crippen LogP contribution in [-0.4, -0.2) is 26.2 Å². The van der Waals surface area contributed by atoms with Gasteiger partial charge in [0.1, 0.15) is 0 Å². The van der Waals surface area contributed by atoms with Gasteiger partial charge in [-0.2, -0.15) is 0 Å². The molecule has 0 aromatic carbocycles. The number of nitrogens with two attached hydrogens (primary N) is 1. The van der Waals surface area contributed by atoms with Crippen LogP contribution in [0.2, 0.25) is 0 Å². The molecule has 0 aromatic rings. The highest BCUT2D eigenvalue weighted by Crippen LogP contribution is 1.68. The molecule has 0 aliphatic carbocycles. The van der Waals surface area contributed by atoms with E-state index in [0.29, 0.717) is 13.1 Å². The van der Waals surface area contributed by atoms with Crippen LogP contribution in [0.4, 0.5) is 4.79 Å². The van der Waals surface area contributed by atoms with Gasteiger partial charge >= 0.3 is 6.03 Å². The van der Waals surface area contributed by atoms with Crippen LogP contribution in [0, 0.1) is 0 Å². The maximum Gasteiger partial charge on any atom is 0.314 e. The SMILES string of the molecule is CNC(=O)NCCCN. The van der Waals surface area contributed by atoms with E-state index in [0.717, 1.165) is 6.42 Å². The van der Waals surface area contributed by atoms with Crippen LogP contribution in [-0.2, 0) is 0 Å². The summed E-state index contributed by atoms with van der Waals surface area (Å²) in [4.78, 5) is 10.4. The number of urea groups is 1. The summed E-state index contributed by atoms with van der Waals surface area (Å²) >= 11 is 0. The predicted octanol–water partition coefficient (Wildman–Crippen LogP) is -0.736. The molecule has 0 heterocycles. The fraction of sp³-hybridized carbons (Fsp3) is 0.800. The summed E-state index contributed by atoms with van der Waals surface area (Å²) in [7, 11) is 1.58. The zero-order chi connectivity index (χ0) is 7.11. The van der Waals surface area contributed by atoms with Crippen molar-refractivity contribution in [3.05, 3.63) is 0 Å². The van der Waals surface area contributed by atoms with Gasteiger partial charge in [0.05, 0.1) is 0 Å². The summed E-state index contributed by atoms with van der Waals surface area (Å²) in [6, 6.07) is -0.150. The zero-order valence-electron chi connectivity index (χ0n) is 5.61. The first-order valence-corrected chi connectivity index (χ1v) is 2.97. The highest BCUT2D eigenvalue weighted by atomic mass is 16.2. The minimum absolute atomic E-state index is 0.150. The van der Waals surface area contributed by atoms with Crippen LogP contribution >= 0.6 is 0 Å². The molecule has 0 rings (SSSR count). The van der Waals surface area contributed by atoms with Crippen LogP contribution < -0.4 is 16.4 Å². The summed E-state index contributed by atoms with van der Waals surface area (Å²) in [5, 5.41) is 5.04. The van der Waals surface area contributed by atoms with Crippen molar-refractivity contribution in [2.75, 3.05) is 20.1 Å². The zero-order valence-corrected chi connectivity index (χ0v) is 5.61. The molecule has 0 bridgehead atoms. The molecule has 0 atom stereocenters. The third-order valence-electron chi connectivity index (χ3n) is 0.894. The number of carbonyl (C=O) groups excluding carboxylic acids is 1. The molecule has 4 N–H and O–H groups in total. The van der Waals surface area contributed by atoms with Crippen molar-refractivity contribution in [3.8, 4) is 0 Å². The Bertz CT molecular complexity index is 84.3. The van der Waals surface area contributed by atoms with Gasteiger partial charge in [-0.1, -0.05) is 0 Å². The Kier molecular flexibility index (Phi) is 4.91. The van der Waals surface area contributed by atoms with Crippen LogP contribution in [0.25, 0.3) is 0 Å². The summed E-state index contributed by atoms with van der Waals surface area (Å²) in [6.07, 6.45) is 0.827. The van der Waals surface area contributed by atoms with E-state index in [1.807, 2.05) is 0 Å². The molecule has 0 spiro atoms. The molecule has 9 heavy (non-hydrogen) atoms. The molecule has 4 heteroatoms. The summed E-state index contributed by atoms with van der Waals surface area (Å²) < 4.78 is 0. The van der Waals surface area contributed by atoms with Crippen molar-refractivity contribution in [2.24, 2.45) is 5.73 Å². The van der Waals surface area contributed by atoms with E-state index in [4.69, 9.17) is 5.73 Å². The molecule has 0 saturated heterocycles. The number of rotatable bonds is 3. The summed E-state index contributed by atoms with van der Waals surface area (Å²) in [5.74, 6) is 0. The third kappa shape index (κ3) is 5.10. The highest BCUT2D eigenvalue weighted by Gasteiger charge is 1.90. The van der Waals surface area contributed by atoms with Gasteiger partial charge in [-0.25, -0.2) is 4.79 Å². The van der Waals surface area contributed by atoms with E-state index < -0.39 is 0 Å². The van der Waals surface area contributed by atoms with Crippen molar-refractivity contribution in [2.45, 2.75) is 6.42 Å². The lowest BCUT2D eigenvalue weighted by molar-refractivity contribution is 0.243. The number of carbonyl (C=O) groups is 1. The molecule has 0 radical (unpaired) electrons. The highest BCUT2D eigenvalue weighted by molar-refractivity contribution is 5.73. The predicted molar refractivity (Wildman–Crippen MR) is 36.1 cm³/mol. The molecule has 0 saturated carbocycles. The standard InChI is InChI=1S/C5H13N3O/c1-7-5(9)8-4-2-3-6/h2-4,6H2,1H3,(H2,7,8,9). The van der Waals surface area contributed by atoms with Gasteiger partial charge < -0.3 is 16.4 Å². The van der Waals surface area contributed by atoms with Gasteiger partial charge in [-0.15, -0.1) is 0 Å². The smallest absolute Gasteiger partial charge is 0.314 e. The Morgan fingerprint density at radius 3 is 2.78 bits per heavy atom. The monoisotopic (exact) mass is 131 g/mol. The quantitative estimate of drug-likeness (QED) is 0.442. The van der Waals surface area contributed by atoms with Gasteiger partial charge in [-0.05, 0) is 13.0 Å². The second-order valence-electron chi connectivity index (χ2n) is 1.65. The summed E-state index contributed by atoms with van der Waals surface area (Å²) in [5.41, 5.74) is 5.18. The minimum Gasteiger partial charge on any atom is -0.341 e. The van der Waals surface area contributed by atoms with E-state index in [-0.39, 0.29) is 6.03 Å². The lowest BCUT2D eigenvalue weighted by Gasteiger charge is -2.00. The van der Waals surface area contributed by atoms with Crippen molar-refractivity contribution in [3.63, 3.8) is 0 Å². The fourth-order valence-electron chi connectivity index (χ4n) is 0.392. The molecule has 54 valence electrons. The molecule has 0 aliphatic heterocycles. The maximum atomic E-state index is 10.4. The maximum absolute atomic E-state index is 10.4. The first-order chi connectivity index (χ1) is 4.31. The van der Waals surface area contributed by atoms with Crippen LogP contribution in [0.1, 0.15) is 6.42 Å². The van der Waals surface area contributed by atoms with E-state index >= 15 is 0 Å². The van der Waals surface area contributed by atoms with Gasteiger partial charge in [-0.3, -0.25) is 0 Å². The van der Waals surface area contributed by atoms with Gasteiger partial charge in [0, 0.05) is 13.6 Å². The lowest BCUT2D eigenvalue weighted by Crippen LogP contribution is -2.33. The molecular weight excluding hydrogens is 118 g/mol. The Hall–Kier alpha value is -0.770. The molecule has 0 aliphatic rings. The normalized spacial score (nSPS) is 8.67. The van der Waals surface area contributed by atoms with Gasteiger partial charge in [0.25, 0.3) is 0 Å². The fourth-order valence-corrected chi connectivity index (χ4v) is 0.392. The minimum atomic E-state index is -0.150. The van der Waals surface area contributed by atoms with Crippen molar-refractivity contribution >= 4 is 6.03 Å². The van der Waals surface area contributed by atoms with E-state index in [1.54, 1.807) is 7.05 Å². The number of hydrogen-bond acceptors (Lipinski definition) is 2. The average Bonchev–Trinajstić information content (AvgIpc) is 1.89. The third-order valence-corrected chi connectivity index (χ3v) is 0.894. The Balaban J connectivity index is 2.97. The largest absolute Gasteiger partial charge is 0.341 e.